The van der Waals surface area contributed by atoms with Gasteiger partial charge in [0.15, 0.2) is 11.5 Å². The second kappa shape index (κ2) is 11.2. The molecule has 1 fully saturated rings. The lowest BCUT2D eigenvalue weighted by molar-refractivity contribution is -0.143. The van der Waals surface area contributed by atoms with Crippen LogP contribution in [-0.4, -0.2) is 49.4 Å². The first-order valence-corrected chi connectivity index (χ1v) is 10.2. The van der Waals surface area contributed by atoms with Crippen LogP contribution in [0.2, 0.25) is 6.32 Å². The summed E-state index contributed by atoms with van der Waals surface area (Å²) in [5, 5.41) is 23.4. The molecule has 2 amide bonds. The summed E-state index contributed by atoms with van der Waals surface area (Å²) in [5.41, 5.74) is 5.65. The standard InChI is InChI=1S/C20H32BN3O6/c1-29-15-8-7-14(12-16(15)30-2)13-23-18(25)20(9-3-4-10-20)19(26)24-17(22)6-5-11-21(27)28/h7-8,12,17,27-28H,3-6,9-11,13,22H2,1-2H3,(H,23,25)(H,24,26). The second-order valence-corrected chi connectivity index (χ2v) is 7.65. The molecule has 0 saturated heterocycles. The zero-order valence-corrected chi connectivity index (χ0v) is 17.6. The molecule has 10 heteroatoms. The molecule has 1 saturated carbocycles. The van der Waals surface area contributed by atoms with Crippen LogP contribution < -0.4 is 25.8 Å². The summed E-state index contributed by atoms with van der Waals surface area (Å²) in [6, 6.07) is 5.38. The smallest absolute Gasteiger partial charge is 0.451 e. The van der Waals surface area contributed by atoms with Crippen LogP contribution in [0.4, 0.5) is 0 Å². The Balaban J connectivity index is 1.98. The van der Waals surface area contributed by atoms with Crippen molar-refractivity contribution >= 4 is 18.9 Å². The Morgan fingerprint density at radius 1 is 1.17 bits per heavy atom. The molecule has 0 aromatic heterocycles. The number of benzene rings is 1. The zero-order chi connectivity index (χ0) is 22.1. The molecule has 1 atom stereocenters. The van der Waals surface area contributed by atoms with Gasteiger partial charge in [0, 0.05) is 6.54 Å². The third-order valence-electron chi connectivity index (χ3n) is 5.52. The Bertz CT molecular complexity index is 724. The fourth-order valence-electron chi connectivity index (χ4n) is 3.78. The van der Waals surface area contributed by atoms with Crippen molar-refractivity contribution < 1.29 is 29.1 Å². The number of nitrogens with two attached hydrogens (primary N) is 1. The molecular weight excluding hydrogens is 389 g/mol. The Kier molecular flexibility index (Phi) is 8.95. The number of rotatable bonds is 11. The van der Waals surface area contributed by atoms with Crippen LogP contribution in [0.3, 0.4) is 0 Å². The van der Waals surface area contributed by atoms with Gasteiger partial charge < -0.3 is 35.9 Å². The highest BCUT2D eigenvalue weighted by Crippen LogP contribution is 2.39. The number of amides is 2. The van der Waals surface area contributed by atoms with Gasteiger partial charge >= 0.3 is 7.12 Å². The van der Waals surface area contributed by atoms with E-state index in [2.05, 4.69) is 10.6 Å². The van der Waals surface area contributed by atoms with E-state index in [0.29, 0.717) is 37.2 Å². The summed E-state index contributed by atoms with van der Waals surface area (Å²) in [5.74, 6) is 0.477. The first kappa shape index (κ1) is 24.0. The highest BCUT2D eigenvalue weighted by molar-refractivity contribution is 6.40. The number of methoxy groups -OCH3 is 2. The Morgan fingerprint density at radius 3 is 2.43 bits per heavy atom. The van der Waals surface area contributed by atoms with E-state index in [1.54, 1.807) is 26.4 Å². The molecule has 1 aromatic carbocycles. The van der Waals surface area contributed by atoms with Crippen molar-refractivity contribution in [3.05, 3.63) is 23.8 Å². The maximum Gasteiger partial charge on any atom is 0.451 e. The minimum Gasteiger partial charge on any atom is -0.493 e. The lowest BCUT2D eigenvalue weighted by Gasteiger charge is -2.28. The number of nitrogens with one attached hydrogen (secondary N) is 2. The van der Waals surface area contributed by atoms with Gasteiger partial charge in [0.25, 0.3) is 0 Å². The number of carbonyl (C=O) groups is 2. The van der Waals surface area contributed by atoms with Crippen LogP contribution in [0.1, 0.15) is 44.1 Å². The van der Waals surface area contributed by atoms with Gasteiger partial charge in [-0.1, -0.05) is 25.3 Å². The van der Waals surface area contributed by atoms with Gasteiger partial charge in [-0.2, -0.15) is 0 Å². The molecule has 0 bridgehead atoms. The van der Waals surface area contributed by atoms with Gasteiger partial charge in [0.2, 0.25) is 11.8 Å². The van der Waals surface area contributed by atoms with Gasteiger partial charge in [-0.15, -0.1) is 0 Å². The molecule has 0 heterocycles. The average Bonchev–Trinajstić information content (AvgIpc) is 3.22. The van der Waals surface area contributed by atoms with Gasteiger partial charge in [-0.25, -0.2) is 0 Å². The summed E-state index contributed by atoms with van der Waals surface area (Å²) in [6.45, 7) is 0.259. The normalized spacial score (nSPS) is 15.9. The maximum atomic E-state index is 13.0. The summed E-state index contributed by atoms with van der Waals surface area (Å²) in [6.07, 6.45) is 2.92. The highest BCUT2D eigenvalue weighted by Gasteiger charge is 2.48. The highest BCUT2D eigenvalue weighted by atomic mass is 16.5. The third kappa shape index (κ3) is 6.10. The lowest BCUT2D eigenvalue weighted by Crippen LogP contribution is -2.54. The molecule has 0 radical (unpaired) electrons. The van der Waals surface area contributed by atoms with Crippen molar-refractivity contribution in [3.63, 3.8) is 0 Å². The van der Waals surface area contributed by atoms with Crippen LogP contribution in [-0.2, 0) is 16.1 Å². The Hall–Kier alpha value is -2.30. The van der Waals surface area contributed by atoms with E-state index in [4.69, 9.17) is 25.3 Å². The minimum absolute atomic E-state index is 0.181. The number of carbonyl (C=O) groups excluding carboxylic acids is 2. The molecule has 0 spiro atoms. The first-order valence-electron chi connectivity index (χ1n) is 10.2. The fourth-order valence-corrected chi connectivity index (χ4v) is 3.78. The summed E-state index contributed by atoms with van der Waals surface area (Å²) in [7, 11) is 1.71. The van der Waals surface area contributed by atoms with E-state index >= 15 is 0 Å². The van der Waals surface area contributed by atoms with Crippen molar-refractivity contribution in [3.8, 4) is 11.5 Å². The second-order valence-electron chi connectivity index (χ2n) is 7.65. The number of ether oxygens (including phenoxy) is 2. The Morgan fingerprint density at radius 2 is 1.83 bits per heavy atom. The van der Waals surface area contributed by atoms with Gasteiger partial charge in [0.1, 0.15) is 5.41 Å². The molecule has 6 N–H and O–H groups in total. The molecule has 2 rings (SSSR count). The molecular formula is C20H32BN3O6. The van der Waals surface area contributed by atoms with E-state index in [9.17, 15) is 9.59 Å². The van der Waals surface area contributed by atoms with E-state index in [0.717, 1.165) is 18.4 Å². The summed E-state index contributed by atoms with van der Waals surface area (Å²) >= 11 is 0. The first-order chi connectivity index (χ1) is 14.3. The molecule has 1 aliphatic rings. The molecule has 0 aliphatic heterocycles. The summed E-state index contributed by atoms with van der Waals surface area (Å²) < 4.78 is 10.5. The predicted octanol–water partition coefficient (Wildman–Crippen LogP) is 0.534. The van der Waals surface area contributed by atoms with E-state index < -0.39 is 18.7 Å². The van der Waals surface area contributed by atoms with Crippen LogP contribution >= 0.6 is 0 Å². The van der Waals surface area contributed by atoms with Crippen molar-refractivity contribution in [2.24, 2.45) is 11.1 Å². The minimum atomic E-state index is -1.39. The Labute approximate surface area is 177 Å². The lowest BCUT2D eigenvalue weighted by atomic mass is 9.82. The molecule has 1 aliphatic carbocycles. The van der Waals surface area contributed by atoms with Gasteiger partial charge in [0.05, 0.1) is 20.4 Å². The van der Waals surface area contributed by atoms with Crippen molar-refractivity contribution in [1.82, 2.24) is 10.6 Å². The van der Waals surface area contributed by atoms with Crippen LogP contribution in [0.25, 0.3) is 0 Å². The van der Waals surface area contributed by atoms with E-state index in [1.165, 1.54) is 0 Å². The third-order valence-corrected chi connectivity index (χ3v) is 5.52. The zero-order valence-electron chi connectivity index (χ0n) is 17.6. The van der Waals surface area contributed by atoms with Crippen LogP contribution in [0.15, 0.2) is 18.2 Å². The van der Waals surface area contributed by atoms with Crippen molar-refractivity contribution in [1.29, 1.82) is 0 Å². The van der Waals surface area contributed by atoms with Crippen LogP contribution in [0, 0.1) is 5.41 Å². The van der Waals surface area contributed by atoms with Gasteiger partial charge in [-0.3, -0.25) is 9.59 Å². The van der Waals surface area contributed by atoms with E-state index in [-0.39, 0.29) is 24.7 Å². The van der Waals surface area contributed by atoms with Crippen molar-refractivity contribution in [2.75, 3.05) is 14.2 Å². The monoisotopic (exact) mass is 421 g/mol. The molecule has 1 aromatic rings. The maximum absolute atomic E-state index is 13.0. The molecule has 1 unspecified atom stereocenters. The van der Waals surface area contributed by atoms with Crippen molar-refractivity contribution in [2.45, 2.75) is 57.6 Å². The fraction of sp³-hybridized carbons (Fsp3) is 0.600. The predicted molar refractivity (Wildman–Crippen MR) is 113 cm³/mol. The topological polar surface area (TPSA) is 143 Å². The molecule has 9 nitrogen and oxygen atoms in total. The number of hydrogen-bond donors (Lipinski definition) is 5. The largest absolute Gasteiger partial charge is 0.493 e. The van der Waals surface area contributed by atoms with Crippen LogP contribution in [0.5, 0.6) is 11.5 Å². The quantitative estimate of drug-likeness (QED) is 0.199. The SMILES string of the molecule is COc1ccc(CNC(=O)C2(C(=O)NC(N)CCCB(O)O)CCCC2)cc1OC. The van der Waals surface area contributed by atoms with Gasteiger partial charge in [-0.05, 0) is 43.3 Å². The average molecular weight is 421 g/mol. The molecule has 30 heavy (non-hydrogen) atoms. The number of hydrogen-bond acceptors (Lipinski definition) is 7. The molecule has 166 valence electrons. The summed E-state index contributed by atoms with van der Waals surface area (Å²) in [4.78, 5) is 25.9. The van der Waals surface area contributed by atoms with E-state index in [1.807, 2.05) is 6.07 Å².